The first-order chi connectivity index (χ1) is 8.79. The average Bonchev–Trinajstić information content (AvgIpc) is 2.65. The van der Waals surface area contributed by atoms with E-state index in [2.05, 4.69) is 4.98 Å². The number of rotatable bonds is 1. The van der Waals surface area contributed by atoms with E-state index >= 15 is 0 Å². The Morgan fingerprint density at radius 2 is 2.10 bits per heavy atom. The van der Waals surface area contributed by atoms with Crippen molar-refractivity contribution in [1.29, 1.82) is 0 Å². The summed E-state index contributed by atoms with van der Waals surface area (Å²) in [6.07, 6.45) is 0.970. The van der Waals surface area contributed by atoms with E-state index in [1.165, 1.54) is 6.20 Å². The molecule has 0 aliphatic carbocycles. The van der Waals surface area contributed by atoms with Crippen LogP contribution in [0.2, 0.25) is 0 Å². The minimum Gasteiger partial charge on any atom is -0.548 e. The molecule has 6 nitrogen and oxygen atoms in total. The van der Waals surface area contributed by atoms with Gasteiger partial charge in [0.15, 0.2) is 0 Å². The van der Waals surface area contributed by atoms with Gasteiger partial charge in [-0.15, -0.1) is 0 Å². The molecule has 1 atom stereocenters. The summed E-state index contributed by atoms with van der Waals surface area (Å²) in [6.45, 7) is 5.15. The number of pyridine rings is 1. The van der Waals surface area contributed by atoms with Gasteiger partial charge in [0, 0.05) is 12.6 Å². The Kier molecular flexibility index (Phi) is 4.84. The van der Waals surface area contributed by atoms with E-state index in [1.54, 1.807) is 32.9 Å². The summed E-state index contributed by atoms with van der Waals surface area (Å²) in [6, 6.07) is 2.37. The monoisotopic (exact) mass is 270 g/mol. The van der Waals surface area contributed by atoms with E-state index in [0.717, 1.165) is 4.90 Å². The van der Waals surface area contributed by atoms with Gasteiger partial charge in [-0.1, -0.05) is 6.07 Å². The zero-order valence-corrected chi connectivity index (χ0v) is 12.0. The van der Waals surface area contributed by atoms with Gasteiger partial charge < -0.3 is 14.6 Å². The van der Waals surface area contributed by atoms with Gasteiger partial charge in [-0.05, 0) is 32.4 Å². The molecule has 0 aromatic carbocycles. The van der Waals surface area contributed by atoms with Crippen molar-refractivity contribution in [2.45, 2.75) is 38.8 Å². The molecule has 1 aromatic heterocycles. The maximum Gasteiger partial charge on any atom is 1.00 e. The Morgan fingerprint density at radius 3 is 2.65 bits per heavy atom. The fourth-order valence-corrected chi connectivity index (χ4v) is 1.97. The van der Waals surface area contributed by atoms with Gasteiger partial charge in [0.25, 0.3) is 0 Å². The molecule has 7 heteroatoms. The first-order valence-corrected chi connectivity index (χ1v) is 5.96. The summed E-state index contributed by atoms with van der Waals surface area (Å²) in [5.41, 5.74) is -0.00646. The number of amides is 1. The Bertz CT molecular complexity index is 527. The van der Waals surface area contributed by atoms with Crippen LogP contribution in [0.5, 0.6) is 0 Å². The van der Waals surface area contributed by atoms with E-state index in [1.807, 2.05) is 0 Å². The molecule has 1 aromatic rings. The number of anilines is 1. The van der Waals surface area contributed by atoms with Crippen molar-refractivity contribution >= 4 is 17.9 Å². The molecule has 0 radical (unpaired) electrons. The van der Waals surface area contributed by atoms with Crippen molar-refractivity contribution in [3.05, 3.63) is 23.9 Å². The molecule has 20 heavy (non-hydrogen) atoms. The van der Waals surface area contributed by atoms with Crippen molar-refractivity contribution in [3.8, 4) is 0 Å². The van der Waals surface area contributed by atoms with Gasteiger partial charge in [-0.25, -0.2) is 9.78 Å². The van der Waals surface area contributed by atoms with E-state index in [4.69, 9.17) is 4.74 Å². The minimum absolute atomic E-state index is 0. The number of fused-ring (bicyclic) bond motifs is 1. The van der Waals surface area contributed by atoms with E-state index in [9.17, 15) is 14.7 Å². The Labute approximate surface area is 129 Å². The Morgan fingerprint density at radius 1 is 1.45 bits per heavy atom. The quantitative estimate of drug-likeness (QED) is 0.527. The van der Waals surface area contributed by atoms with Crippen LogP contribution >= 0.6 is 0 Å². The SMILES string of the molecule is CC(C)(C)OC(=O)N1c2ncccc2CC1C(=O)[O-].[Li+]. The van der Waals surface area contributed by atoms with Crippen LogP contribution in [0.25, 0.3) is 0 Å². The normalized spacial score (nSPS) is 17.1. The fourth-order valence-electron chi connectivity index (χ4n) is 1.97. The van der Waals surface area contributed by atoms with Crippen molar-refractivity contribution < 1.29 is 38.3 Å². The number of nitrogens with zero attached hydrogens (tertiary/aromatic N) is 2. The molecule has 0 saturated carbocycles. The second-order valence-corrected chi connectivity index (χ2v) is 5.38. The van der Waals surface area contributed by atoms with Gasteiger partial charge in [0.1, 0.15) is 11.4 Å². The van der Waals surface area contributed by atoms with Crippen LogP contribution in [0.4, 0.5) is 10.6 Å². The molecule has 0 saturated heterocycles. The molecule has 0 N–H and O–H groups in total. The van der Waals surface area contributed by atoms with Crippen molar-refractivity contribution in [3.63, 3.8) is 0 Å². The van der Waals surface area contributed by atoms with Crippen LogP contribution in [-0.2, 0) is 16.0 Å². The van der Waals surface area contributed by atoms with Crippen LogP contribution in [0.3, 0.4) is 0 Å². The maximum atomic E-state index is 12.1. The number of ether oxygens (including phenoxy) is 1. The molecule has 1 aliphatic rings. The predicted molar refractivity (Wildman–Crippen MR) is 65.4 cm³/mol. The third-order valence-corrected chi connectivity index (χ3v) is 2.68. The number of carboxylic acid groups (broad SMARTS) is 1. The molecular weight excluding hydrogens is 255 g/mol. The maximum absolute atomic E-state index is 12.1. The first kappa shape index (κ1) is 16.5. The third-order valence-electron chi connectivity index (χ3n) is 2.68. The van der Waals surface area contributed by atoms with Crippen molar-refractivity contribution in [2.75, 3.05) is 4.90 Å². The summed E-state index contributed by atoms with van der Waals surface area (Å²) < 4.78 is 5.21. The number of carboxylic acids is 1. The number of carbonyl (C=O) groups excluding carboxylic acids is 2. The summed E-state index contributed by atoms with van der Waals surface area (Å²) in [7, 11) is 0. The van der Waals surface area contributed by atoms with Crippen LogP contribution in [0.15, 0.2) is 18.3 Å². The molecule has 2 rings (SSSR count). The van der Waals surface area contributed by atoms with Gasteiger partial charge in [0.2, 0.25) is 0 Å². The van der Waals surface area contributed by atoms with E-state index < -0.39 is 23.7 Å². The molecule has 0 fully saturated rings. The number of carbonyl (C=O) groups is 2. The topological polar surface area (TPSA) is 82.6 Å². The number of hydrogen-bond acceptors (Lipinski definition) is 5. The molecule has 2 heterocycles. The third kappa shape index (κ3) is 3.32. The van der Waals surface area contributed by atoms with Crippen LogP contribution in [-0.4, -0.2) is 28.7 Å². The largest absolute Gasteiger partial charge is 1.00 e. The summed E-state index contributed by atoms with van der Waals surface area (Å²) in [5, 5.41) is 11.2. The van der Waals surface area contributed by atoms with E-state index in [-0.39, 0.29) is 25.3 Å². The fraction of sp³-hybridized carbons (Fsp3) is 0.462. The van der Waals surface area contributed by atoms with Crippen LogP contribution in [0.1, 0.15) is 26.3 Å². The number of aliphatic carboxylic acids is 1. The number of hydrogen-bond donors (Lipinski definition) is 0. The smallest absolute Gasteiger partial charge is 0.548 e. The van der Waals surface area contributed by atoms with Gasteiger partial charge in [-0.2, -0.15) is 0 Å². The molecule has 0 spiro atoms. The predicted octanol–water partition coefficient (Wildman–Crippen LogP) is -2.50. The van der Waals surface area contributed by atoms with Crippen molar-refractivity contribution in [2.24, 2.45) is 0 Å². The zero-order chi connectivity index (χ0) is 14.2. The molecule has 102 valence electrons. The molecule has 1 unspecified atom stereocenters. The molecule has 0 bridgehead atoms. The Hall–Kier alpha value is -1.51. The first-order valence-electron chi connectivity index (χ1n) is 5.96. The summed E-state index contributed by atoms with van der Waals surface area (Å²) >= 11 is 0. The second-order valence-electron chi connectivity index (χ2n) is 5.38. The minimum atomic E-state index is -1.32. The van der Waals surface area contributed by atoms with Crippen molar-refractivity contribution in [1.82, 2.24) is 4.98 Å². The van der Waals surface area contributed by atoms with Gasteiger partial charge in [0.05, 0.1) is 12.0 Å². The zero-order valence-electron chi connectivity index (χ0n) is 12.0. The average molecular weight is 270 g/mol. The van der Waals surface area contributed by atoms with Gasteiger partial charge in [-0.3, -0.25) is 4.90 Å². The summed E-state index contributed by atoms with van der Waals surface area (Å²) in [4.78, 5) is 28.4. The van der Waals surface area contributed by atoms with Crippen LogP contribution < -0.4 is 28.9 Å². The Balaban J connectivity index is 0.00000200. The molecule has 1 aliphatic heterocycles. The standard InChI is InChI=1S/C13H16N2O4.Li/c1-13(2,3)19-12(18)15-9(11(16)17)7-8-5-4-6-14-10(8)15;/h4-6,9H,7H2,1-3H3,(H,16,17);/q;+1/p-1. The molecule has 1 amide bonds. The van der Waals surface area contributed by atoms with Crippen LogP contribution in [0, 0.1) is 0 Å². The van der Waals surface area contributed by atoms with Gasteiger partial charge >= 0.3 is 25.0 Å². The summed E-state index contributed by atoms with van der Waals surface area (Å²) in [5.74, 6) is -0.991. The number of aromatic nitrogens is 1. The van der Waals surface area contributed by atoms with E-state index in [0.29, 0.717) is 11.4 Å². The second kappa shape index (κ2) is 5.86. The molecular formula is C13H15LiN2O4.